The largest absolute Gasteiger partial charge is 0.497 e. The van der Waals surface area contributed by atoms with Crippen LogP contribution >= 0.6 is 0 Å². The second-order valence-electron chi connectivity index (χ2n) is 11.4. The fraction of sp³-hybridized carbons (Fsp3) is 0.324. The molecule has 248 valence electrons. The van der Waals surface area contributed by atoms with Crippen LogP contribution in [0.25, 0.3) is 11.1 Å². The number of hydrogen-bond acceptors (Lipinski definition) is 8. The third-order valence-electron chi connectivity index (χ3n) is 8.30. The zero-order valence-corrected chi connectivity index (χ0v) is 27.6. The van der Waals surface area contributed by atoms with E-state index in [2.05, 4.69) is 19.5 Å². The lowest BCUT2D eigenvalue weighted by molar-refractivity contribution is -0.120. The van der Waals surface area contributed by atoms with Crippen molar-refractivity contribution in [1.82, 2.24) is 24.5 Å². The molecule has 0 bridgehead atoms. The summed E-state index contributed by atoms with van der Waals surface area (Å²) in [5.74, 6) is 1.75. The molecule has 47 heavy (non-hydrogen) atoms. The van der Waals surface area contributed by atoms with Gasteiger partial charge in [0.05, 0.1) is 30.9 Å². The minimum absolute atomic E-state index is 0.0204. The Morgan fingerprint density at radius 1 is 1.06 bits per heavy atom. The number of aromatic nitrogens is 2. The number of ether oxygens (including phenoxy) is 2. The van der Waals surface area contributed by atoms with Gasteiger partial charge in [0.15, 0.2) is 0 Å². The van der Waals surface area contributed by atoms with Crippen molar-refractivity contribution in [3.05, 3.63) is 95.6 Å². The SMILES string of the molecule is CNC(=O)CCCN1CCn2c(cnc2[C@H](Cc2cccc(C(=N)N)c2)NS(=O)(=O)c2cccc(-c3ccc(OC)cc3OC)c2)C1. The van der Waals surface area contributed by atoms with E-state index in [1.807, 2.05) is 18.2 Å². The number of methoxy groups -OCH3 is 2. The molecule has 1 amide bonds. The Bertz CT molecular complexity index is 1860. The van der Waals surface area contributed by atoms with E-state index in [0.29, 0.717) is 54.4 Å². The molecule has 0 saturated heterocycles. The number of rotatable bonds is 14. The lowest BCUT2D eigenvalue weighted by Crippen LogP contribution is -2.37. The highest BCUT2D eigenvalue weighted by Crippen LogP contribution is 2.34. The summed E-state index contributed by atoms with van der Waals surface area (Å²) in [6.45, 7) is 2.79. The summed E-state index contributed by atoms with van der Waals surface area (Å²) in [4.78, 5) is 18.8. The van der Waals surface area contributed by atoms with Gasteiger partial charge in [-0.25, -0.2) is 18.1 Å². The number of amidine groups is 1. The number of nitrogens with zero attached hydrogens (tertiary/aromatic N) is 3. The summed E-state index contributed by atoms with van der Waals surface area (Å²) in [7, 11) is 0.728. The van der Waals surface area contributed by atoms with Crippen LogP contribution < -0.4 is 25.2 Å². The summed E-state index contributed by atoms with van der Waals surface area (Å²) in [6, 6.07) is 18.6. The first-order chi connectivity index (χ1) is 22.6. The number of sulfonamides is 1. The van der Waals surface area contributed by atoms with Gasteiger partial charge in [0, 0.05) is 56.5 Å². The Morgan fingerprint density at radius 3 is 2.62 bits per heavy atom. The van der Waals surface area contributed by atoms with Gasteiger partial charge in [-0.05, 0) is 60.8 Å². The summed E-state index contributed by atoms with van der Waals surface area (Å²) in [6.07, 6.45) is 3.30. The van der Waals surface area contributed by atoms with Crippen LogP contribution in [-0.4, -0.2) is 69.0 Å². The normalized spacial score (nSPS) is 13.9. The number of benzene rings is 3. The predicted molar refractivity (Wildman–Crippen MR) is 180 cm³/mol. The zero-order valence-electron chi connectivity index (χ0n) is 26.8. The molecule has 1 aliphatic rings. The molecule has 0 aliphatic carbocycles. The number of nitrogen functional groups attached to an aromatic ring is 1. The molecular weight excluding hydrogens is 618 g/mol. The van der Waals surface area contributed by atoms with Crippen molar-refractivity contribution in [3.8, 4) is 22.6 Å². The lowest BCUT2D eigenvalue weighted by atomic mass is 10.0. The highest BCUT2D eigenvalue weighted by atomic mass is 32.2. The lowest BCUT2D eigenvalue weighted by Gasteiger charge is -2.30. The highest BCUT2D eigenvalue weighted by molar-refractivity contribution is 7.89. The number of carbonyl (C=O) groups is 1. The van der Waals surface area contributed by atoms with Crippen LogP contribution in [0.4, 0.5) is 0 Å². The van der Waals surface area contributed by atoms with Gasteiger partial charge in [-0.2, -0.15) is 0 Å². The highest BCUT2D eigenvalue weighted by Gasteiger charge is 2.29. The molecule has 0 spiro atoms. The van der Waals surface area contributed by atoms with Crippen LogP contribution in [0.15, 0.2) is 77.8 Å². The number of carbonyl (C=O) groups excluding carboxylic acids is 1. The van der Waals surface area contributed by atoms with Crippen LogP contribution in [0.2, 0.25) is 0 Å². The molecule has 0 saturated carbocycles. The fourth-order valence-corrected chi connectivity index (χ4v) is 7.07. The quantitative estimate of drug-likeness (QED) is 0.118. The third-order valence-corrected chi connectivity index (χ3v) is 9.77. The van der Waals surface area contributed by atoms with Crippen LogP contribution in [0.3, 0.4) is 0 Å². The molecular formula is C34H41N7O5S. The van der Waals surface area contributed by atoms with Crippen LogP contribution in [0.1, 0.15) is 41.5 Å². The van der Waals surface area contributed by atoms with E-state index in [9.17, 15) is 13.2 Å². The Morgan fingerprint density at radius 2 is 1.87 bits per heavy atom. The fourth-order valence-electron chi connectivity index (χ4n) is 5.83. The van der Waals surface area contributed by atoms with E-state index in [1.54, 1.807) is 76.0 Å². The third kappa shape index (κ3) is 7.99. The molecule has 12 nitrogen and oxygen atoms in total. The predicted octanol–water partition coefficient (Wildman–Crippen LogP) is 3.46. The molecule has 0 fully saturated rings. The van der Waals surface area contributed by atoms with Crippen molar-refractivity contribution < 1.29 is 22.7 Å². The van der Waals surface area contributed by atoms with Gasteiger partial charge in [0.25, 0.3) is 0 Å². The average Bonchev–Trinajstić information content (AvgIpc) is 3.51. The van der Waals surface area contributed by atoms with Gasteiger partial charge in [-0.3, -0.25) is 15.1 Å². The van der Waals surface area contributed by atoms with Crippen molar-refractivity contribution in [1.29, 1.82) is 5.41 Å². The maximum Gasteiger partial charge on any atom is 0.241 e. The first kappa shape index (κ1) is 33.6. The Balaban J connectivity index is 1.45. The van der Waals surface area contributed by atoms with Crippen molar-refractivity contribution in [2.45, 2.75) is 43.3 Å². The van der Waals surface area contributed by atoms with Crippen LogP contribution in [0.5, 0.6) is 11.5 Å². The van der Waals surface area contributed by atoms with Crippen LogP contribution in [0, 0.1) is 5.41 Å². The minimum atomic E-state index is -4.04. The molecule has 5 rings (SSSR count). The Kier molecular flexibility index (Phi) is 10.6. The van der Waals surface area contributed by atoms with E-state index >= 15 is 0 Å². The molecule has 0 unspecified atom stereocenters. The van der Waals surface area contributed by atoms with Gasteiger partial charge in [0.2, 0.25) is 15.9 Å². The standard InChI is InChI=1S/C34H41N7O5S/c1-37-32(42)11-6-14-40-15-16-41-26(22-40)21-38-34(41)30(18-23-7-4-9-25(17-23)33(35)36)39-47(43,44)28-10-5-8-24(19-28)29-13-12-27(45-2)20-31(29)46-3/h4-5,7-10,12-13,17,19-21,30,39H,6,11,14-16,18,22H2,1-3H3,(H3,35,36)(H,37,42)/t30-/m0/s1. The maximum absolute atomic E-state index is 14.1. The molecule has 4 aromatic rings. The molecule has 0 radical (unpaired) electrons. The van der Waals surface area contributed by atoms with E-state index in [0.717, 1.165) is 36.3 Å². The number of hydrogen-bond donors (Lipinski definition) is 4. The number of nitrogens with two attached hydrogens (primary N) is 1. The monoisotopic (exact) mass is 659 g/mol. The van der Waals surface area contributed by atoms with Gasteiger partial charge in [0.1, 0.15) is 23.2 Å². The molecule has 13 heteroatoms. The number of fused-ring (bicyclic) bond motifs is 1. The second-order valence-corrected chi connectivity index (χ2v) is 13.1. The van der Waals surface area contributed by atoms with Crippen molar-refractivity contribution in [3.63, 3.8) is 0 Å². The summed E-state index contributed by atoms with van der Waals surface area (Å²) in [5.41, 5.74) is 9.50. The van der Waals surface area contributed by atoms with E-state index < -0.39 is 16.1 Å². The second kappa shape index (κ2) is 14.8. The summed E-state index contributed by atoms with van der Waals surface area (Å²) >= 11 is 0. The van der Waals surface area contributed by atoms with E-state index in [4.69, 9.17) is 25.6 Å². The van der Waals surface area contributed by atoms with Gasteiger partial charge < -0.3 is 25.1 Å². The van der Waals surface area contributed by atoms with Crippen molar-refractivity contribution in [2.24, 2.45) is 5.73 Å². The number of imidazole rings is 1. The molecule has 3 aromatic carbocycles. The molecule has 1 aliphatic heterocycles. The zero-order chi connectivity index (χ0) is 33.6. The topological polar surface area (TPSA) is 165 Å². The van der Waals surface area contributed by atoms with E-state index in [1.165, 1.54) is 0 Å². The smallest absolute Gasteiger partial charge is 0.241 e. The first-order valence-corrected chi connectivity index (χ1v) is 16.9. The summed E-state index contributed by atoms with van der Waals surface area (Å²) < 4.78 is 44.0. The van der Waals surface area contributed by atoms with Crippen molar-refractivity contribution in [2.75, 3.05) is 34.4 Å². The summed E-state index contributed by atoms with van der Waals surface area (Å²) in [5, 5.41) is 10.5. The van der Waals surface area contributed by atoms with Gasteiger partial charge in [-0.1, -0.05) is 30.3 Å². The van der Waals surface area contributed by atoms with Gasteiger partial charge in [-0.15, -0.1) is 0 Å². The number of amides is 1. The Hall–Kier alpha value is -4.72. The van der Waals surface area contributed by atoms with Crippen molar-refractivity contribution >= 4 is 21.8 Å². The average molecular weight is 660 g/mol. The number of nitrogens with one attached hydrogen (secondary N) is 3. The van der Waals surface area contributed by atoms with Crippen LogP contribution in [-0.2, 0) is 34.3 Å². The first-order valence-electron chi connectivity index (χ1n) is 15.4. The molecule has 1 atom stereocenters. The molecule has 2 heterocycles. The maximum atomic E-state index is 14.1. The molecule has 5 N–H and O–H groups in total. The minimum Gasteiger partial charge on any atom is -0.497 e. The molecule has 1 aromatic heterocycles. The van der Waals surface area contributed by atoms with E-state index in [-0.39, 0.29) is 16.6 Å². The Labute approximate surface area is 275 Å². The van der Waals surface area contributed by atoms with Gasteiger partial charge >= 0.3 is 0 Å².